The Labute approximate surface area is 156 Å². The third-order valence-corrected chi connectivity index (χ3v) is 5.00. The van der Waals surface area contributed by atoms with Crippen molar-refractivity contribution in [2.24, 2.45) is 0 Å². The average molecular weight is 395 g/mol. The van der Waals surface area contributed by atoms with Crippen molar-refractivity contribution in [2.75, 3.05) is 5.32 Å². The van der Waals surface area contributed by atoms with Crippen LogP contribution in [0.2, 0.25) is 0 Å². The van der Waals surface area contributed by atoms with Crippen LogP contribution < -0.4 is 5.32 Å². The summed E-state index contributed by atoms with van der Waals surface area (Å²) in [5.74, 6) is -2.61. The molecule has 0 radical (unpaired) electrons. The molecule has 0 fully saturated rings. The lowest BCUT2D eigenvalue weighted by Gasteiger charge is -2.20. The molecule has 0 aliphatic carbocycles. The third-order valence-electron chi connectivity index (χ3n) is 3.23. The van der Waals surface area contributed by atoms with Gasteiger partial charge >= 0.3 is 5.97 Å². The molecule has 0 aliphatic heterocycles. The highest BCUT2D eigenvalue weighted by molar-refractivity contribution is 7.96. The van der Waals surface area contributed by atoms with E-state index in [0.29, 0.717) is 5.69 Å². The maximum atomic E-state index is 14.0. The molecule has 8 heteroatoms. The lowest BCUT2D eigenvalue weighted by molar-refractivity contribution is -0.149. The predicted octanol–water partition coefficient (Wildman–Crippen LogP) is 4.03. The first-order chi connectivity index (χ1) is 12.5. The van der Waals surface area contributed by atoms with E-state index < -0.39 is 42.8 Å². The molecule has 0 atom stereocenters. The fourth-order valence-electron chi connectivity index (χ4n) is 2.05. The second-order valence-electron chi connectivity index (χ2n) is 6.60. The first-order valence-electron chi connectivity index (χ1n) is 7.96. The Kier molecular flexibility index (Phi) is 6.00. The van der Waals surface area contributed by atoms with Crippen LogP contribution in [0.25, 0.3) is 0 Å². The van der Waals surface area contributed by atoms with Gasteiger partial charge in [0, 0.05) is 11.9 Å². The molecule has 0 heterocycles. The molecule has 0 aliphatic rings. The van der Waals surface area contributed by atoms with E-state index in [1.807, 2.05) is 0 Å². The van der Waals surface area contributed by atoms with Gasteiger partial charge in [-0.2, -0.15) is 0 Å². The Hall–Kier alpha value is -2.74. The summed E-state index contributed by atoms with van der Waals surface area (Å²) in [6, 6.07) is 9.75. The van der Waals surface area contributed by atoms with Gasteiger partial charge in [0.25, 0.3) is 0 Å². The molecule has 2 aromatic carbocycles. The van der Waals surface area contributed by atoms with Gasteiger partial charge in [-0.05, 0) is 57.2 Å². The van der Waals surface area contributed by atoms with Crippen LogP contribution in [0.15, 0.2) is 64.5 Å². The van der Waals surface area contributed by atoms with Crippen molar-refractivity contribution in [3.8, 4) is 0 Å². The third kappa shape index (κ3) is 5.37. The van der Waals surface area contributed by atoms with Crippen molar-refractivity contribution < 1.29 is 26.7 Å². The fourth-order valence-corrected chi connectivity index (χ4v) is 3.35. The minimum absolute atomic E-state index is 0.334. The smallest absolute Gasteiger partial charge is 0.352 e. The first-order valence-corrected chi connectivity index (χ1v) is 9.44. The molecular formula is C19H19F2NO4S. The summed E-state index contributed by atoms with van der Waals surface area (Å²) in [6.07, 6.45) is 0.906. The Morgan fingerprint density at radius 1 is 1.04 bits per heavy atom. The quantitative estimate of drug-likeness (QED) is 0.611. The fraction of sp³-hybridized carbons (Fsp3) is 0.211. The normalized spacial score (nSPS) is 12.6. The number of benzene rings is 2. The van der Waals surface area contributed by atoms with Crippen LogP contribution in [0.1, 0.15) is 20.8 Å². The number of rotatable bonds is 5. The van der Waals surface area contributed by atoms with Crippen LogP contribution in [-0.2, 0) is 19.4 Å². The molecule has 27 heavy (non-hydrogen) atoms. The van der Waals surface area contributed by atoms with Gasteiger partial charge in [0.15, 0.2) is 4.91 Å². The molecule has 0 saturated heterocycles. The summed E-state index contributed by atoms with van der Waals surface area (Å²) < 4.78 is 57.9. The highest BCUT2D eigenvalue weighted by atomic mass is 32.2. The van der Waals surface area contributed by atoms with Crippen molar-refractivity contribution in [3.63, 3.8) is 0 Å². The van der Waals surface area contributed by atoms with E-state index in [1.54, 1.807) is 20.8 Å². The van der Waals surface area contributed by atoms with Gasteiger partial charge in [0.1, 0.15) is 22.1 Å². The molecule has 2 rings (SSSR count). The zero-order valence-corrected chi connectivity index (χ0v) is 15.8. The summed E-state index contributed by atoms with van der Waals surface area (Å²) in [5.41, 5.74) is -0.627. The molecule has 5 nitrogen and oxygen atoms in total. The SMILES string of the molecule is CC(C)(C)OC(=O)/C(=C\Nc1ccc(F)cc1)S(=O)(=O)c1ccccc1F. The minimum atomic E-state index is -4.51. The van der Waals surface area contributed by atoms with Crippen LogP contribution in [0, 0.1) is 11.6 Å². The van der Waals surface area contributed by atoms with Crippen LogP contribution >= 0.6 is 0 Å². The zero-order valence-electron chi connectivity index (χ0n) is 15.0. The molecule has 0 unspecified atom stereocenters. The second-order valence-corrected chi connectivity index (χ2v) is 8.48. The van der Waals surface area contributed by atoms with Gasteiger partial charge in [0.2, 0.25) is 9.84 Å². The van der Waals surface area contributed by atoms with Crippen LogP contribution in [0.5, 0.6) is 0 Å². The Balaban J connectivity index is 2.49. The van der Waals surface area contributed by atoms with E-state index in [2.05, 4.69) is 5.32 Å². The molecular weight excluding hydrogens is 376 g/mol. The van der Waals surface area contributed by atoms with Crippen molar-refractivity contribution in [3.05, 3.63) is 71.3 Å². The summed E-state index contributed by atoms with van der Waals surface area (Å²) in [6.45, 7) is 4.73. The lowest BCUT2D eigenvalue weighted by Crippen LogP contribution is -2.28. The predicted molar refractivity (Wildman–Crippen MR) is 97.5 cm³/mol. The monoisotopic (exact) mass is 395 g/mol. The molecule has 0 aromatic heterocycles. The highest BCUT2D eigenvalue weighted by Gasteiger charge is 2.33. The number of carbonyl (C=O) groups is 1. The molecule has 2 aromatic rings. The maximum absolute atomic E-state index is 14.0. The number of esters is 1. The van der Waals surface area contributed by atoms with Crippen molar-refractivity contribution >= 4 is 21.5 Å². The average Bonchev–Trinajstić information content (AvgIpc) is 2.55. The molecule has 144 valence electrons. The van der Waals surface area contributed by atoms with Crippen LogP contribution in [0.4, 0.5) is 14.5 Å². The Morgan fingerprint density at radius 3 is 2.19 bits per heavy atom. The van der Waals surface area contributed by atoms with E-state index in [4.69, 9.17) is 4.74 Å². The number of anilines is 1. The minimum Gasteiger partial charge on any atom is -0.456 e. The van der Waals surface area contributed by atoms with Gasteiger partial charge in [0.05, 0.1) is 0 Å². The number of halogens is 2. The van der Waals surface area contributed by atoms with Gasteiger partial charge in [-0.25, -0.2) is 22.0 Å². The molecule has 0 saturated carbocycles. The molecule has 1 N–H and O–H groups in total. The maximum Gasteiger partial charge on any atom is 0.352 e. The topological polar surface area (TPSA) is 72.5 Å². The van der Waals surface area contributed by atoms with Crippen molar-refractivity contribution in [1.82, 2.24) is 0 Å². The number of carbonyl (C=O) groups excluding carboxylic acids is 1. The number of ether oxygens (including phenoxy) is 1. The van der Waals surface area contributed by atoms with Crippen molar-refractivity contribution in [2.45, 2.75) is 31.3 Å². The number of sulfone groups is 1. The number of hydrogen-bond acceptors (Lipinski definition) is 5. The van der Waals surface area contributed by atoms with Gasteiger partial charge in [-0.3, -0.25) is 0 Å². The van der Waals surface area contributed by atoms with E-state index >= 15 is 0 Å². The highest BCUT2D eigenvalue weighted by Crippen LogP contribution is 2.25. The summed E-state index contributed by atoms with van der Waals surface area (Å²) in [5, 5.41) is 2.60. The summed E-state index contributed by atoms with van der Waals surface area (Å²) >= 11 is 0. The van der Waals surface area contributed by atoms with Crippen LogP contribution in [0.3, 0.4) is 0 Å². The molecule has 0 bridgehead atoms. The van der Waals surface area contributed by atoms with E-state index in [-0.39, 0.29) is 0 Å². The zero-order chi connectivity index (χ0) is 20.2. The lowest BCUT2D eigenvalue weighted by atomic mass is 10.2. The van der Waals surface area contributed by atoms with Gasteiger partial charge < -0.3 is 10.1 Å². The van der Waals surface area contributed by atoms with E-state index in [9.17, 15) is 22.0 Å². The number of hydrogen-bond donors (Lipinski definition) is 1. The van der Waals surface area contributed by atoms with Crippen LogP contribution in [-0.4, -0.2) is 20.0 Å². The van der Waals surface area contributed by atoms with E-state index in [1.165, 1.54) is 24.3 Å². The van der Waals surface area contributed by atoms with Gasteiger partial charge in [-0.15, -0.1) is 0 Å². The van der Waals surface area contributed by atoms with E-state index in [0.717, 1.165) is 30.5 Å². The molecule has 0 spiro atoms. The standard InChI is InChI=1S/C19H19F2NO4S/c1-19(2,3)26-18(23)17(12-22-14-10-8-13(20)9-11-14)27(24,25)16-7-5-4-6-15(16)21/h4-12,22H,1-3H3/b17-12+. The first kappa shape index (κ1) is 20.6. The second kappa shape index (κ2) is 7.87. The van der Waals surface area contributed by atoms with Crippen molar-refractivity contribution in [1.29, 1.82) is 0 Å². The summed E-state index contributed by atoms with van der Waals surface area (Å²) in [7, 11) is -4.51. The largest absolute Gasteiger partial charge is 0.456 e. The molecule has 0 amide bonds. The summed E-state index contributed by atoms with van der Waals surface area (Å²) in [4.78, 5) is 11.1. The number of nitrogens with one attached hydrogen (secondary N) is 1. The Bertz CT molecular complexity index is 962. The Morgan fingerprint density at radius 2 is 1.63 bits per heavy atom. The van der Waals surface area contributed by atoms with Gasteiger partial charge in [-0.1, -0.05) is 12.1 Å².